The minimum atomic E-state index is -3.67. The van der Waals surface area contributed by atoms with Crippen LogP contribution in [0.2, 0.25) is 0 Å². The SMILES string of the molecule is CS(=O)(=O)[C@H]1[C@H](c2cccc(F)c2)[C@@]1(CO)C(=O)O. The Morgan fingerprint density at radius 2 is 2.11 bits per heavy atom. The van der Waals surface area contributed by atoms with Crippen LogP contribution in [0.5, 0.6) is 0 Å². The number of hydrogen-bond acceptors (Lipinski definition) is 4. The van der Waals surface area contributed by atoms with Gasteiger partial charge in [0.25, 0.3) is 0 Å². The van der Waals surface area contributed by atoms with Crippen molar-refractivity contribution in [2.45, 2.75) is 11.2 Å². The minimum Gasteiger partial charge on any atom is -0.481 e. The van der Waals surface area contributed by atoms with E-state index in [1.165, 1.54) is 18.2 Å². The predicted octanol–water partition coefficient (Wildman–Crippen LogP) is 0.399. The predicted molar refractivity (Wildman–Crippen MR) is 64.9 cm³/mol. The third-order valence-corrected chi connectivity index (χ3v) is 5.20. The van der Waals surface area contributed by atoms with Gasteiger partial charge in [0.05, 0.1) is 11.9 Å². The molecule has 2 N–H and O–H groups in total. The van der Waals surface area contributed by atoms with Crippen molar-refractivity contribution in [2.24, 2.45) is 5.41 Å². The Kier molecular flexibility index (Phi) is 3.14. The molecule has 3 atom stereocenters. The monoisotopic (exact) mass is 288 g/mol. The number of benzene rings is 1. The van der Waals surface area contributed by atoms with Crippen LogP contribution in [0.4, 0.5) is 4.39 Å². The first kappa shape index (κ1) is 14.0. The smallest absolute Gasteiger partial charge is 0.314 e. The van der Waals surface area contributed by atoms with Crippen LogP contribution in [-0.4, -0.2) is 42.7 Å². The molecule has 0 aliphatic heterocycles. The van der Waals surface area contributed by atoms with E-state index >= 15 is 0 Å². The summed E-state index contributed by atoms with van der Waals surface area (Å²) in [6, 6.07) is 5.13. The Morgan fingerprint density at radius 3 is 2.47 bits per heavy atom. The van der Waals surface area contributed by atoms with Crippen LogP contribution in [0.1, 0.15) is 11.5 Å². The van der Waals surface area contributed by atoms with Crippen molar-refractivity contribution in [3.8, 4) is 0 Å². The van der Waals surface area contributed by atoms with Crippen molar-refractivity contribution in [1.29, 1.82) is 0 Å². The maximum absolute atomic E-state index is 13.2. The lowest BCUT2D eigenvalue weighted by molar-refractivity contribution is -0.145. The van der Waals surface area contributed by atoms with E-state index in [-0.39, 0.29) is 5.56 Å². The van der Waals surface area contributed by atoms with Gasteiger partial charge in [0.2, 0.25) is 0 Å². The molecule has 0 heterocycles. The van der Waals surface area contributed by atoms with Crippen molar-refractivity contribution >= 4 is 15.8 Å². The van der Waals surface area contributed by atoms with Gasteiger partial charge in [-0.3, -0.25) is 4.79 Å². The van der Waals surface area contributed by atoms with Gasteiger partial charge in [0.1, 0.15) is 11.2 Å². The Balaban J connectivity index is 2.53. The highest BCUT2D eigenvalue weighted by Gasteiger charge is 2.74. The summed E-state index contributed by atoms with van der Waals surface area (Å²) < 4.78 is 36.5. The quantitative estimate of drug-likeness (QED) is 0.836. The number of carbonyl (C=O) groups is 1. The molecule has 1 aliphatic rings. The fraction of sp³-hybridized carbons (Fsp3) is 0.417. The Morgan fingerprint density at radius 1 is 1.47 bits per heavy atom. The zero-order valence-electron chi connectivity index (χ0n) is 10.1. The minimum absolute atomic E-state index is 0.270. The van der Waals surface area contributed by atoms with Gasteiger partial charge in [-0.1, -0.05) is 12.1 Å². The molecule has 1 aliphatic carbocycles. The van der Waals surface area contributed by atoms with Crippen LogP contribution in [0.3, 0.4) is 0 Å². The van der Waals surface area contributed by atoms with Gasteiger partial charge in [-0.15, -0.1) is 0 Å². The molecule has 0 aromatic heterocycles. The Labute approximate surface area is 109 Å². The van der Waals surface area contributed by atoms with E-state index in [0.717, 1.165) is 12.3 Å². The molecule has 0 spiro atoms. The summed E-state index contributed by atoms with van der Waals surface area (Å²) in [5.74, 6) is -2.89. The van der Waals surface area contributed by atoms with Gasteiger partial charge in [0, 0.05) is 12.2 Å². The number of rotatable bonds is 4. The summed E-state index contributed by atoms with van der Waals surface area (Å²) in [5.41, 5.74) is -1.51. The van der Waals surface area contributed by atoms with Gasteiger partial charge in [-0.2, -0.15) is 0 Å². The molecule has 104 valence electrons. The zero-order valence-corrected chi connectivity index (χ0v) is 10.9. The Hall–Kier alpha value is -1.47. The molecule has 7 heteroatoms. The highest BCUT2D eigenvalue weighted by molar-refractivity contribution is 7.91. The molecule has 0 bridgehead atoms. The van der Waals surface area contributed by atoms with Gasteiger partial charge in [-0.05, 0) is 17.7 Å². The highest BCUT2D eigenvalue weighted by atomic mass is 32.2. The molecule has 1 fully saturated rings. The third-order valence-electron chi connectivity index (χ3n) is 3.59. The summed E-state index contributed by atoms with van der Waals surface area (Å²) in [5, 5.41) is 17.3. The first-order valence-electron chi connectivity index (χ1n) is 5.53. The molecule has 0 unspecified atom stereocenters. The standard InChI is InChI=1S/C12H13FO5S/c1-19(17,18)10-9(12(10,6-14)11(15)16)7-3-2-4-8(13)5-7/h2-5,9-10,14H,6H2,1H3,(H,15,16)/t9-,10-,12+/m0/s1. The molecule has 1 saturated carbocycles. The molecule has 0 amide bonds. The molecular weight excluding hydrogens is 275 g/mol. The second kappa shape index (κ2) is 4.28. The second-order valence-electron chi connectivity index (χ2n) is 4.79. The molecule has 5 nitrogen and oxygen atoms in total. The maximum Gasteiger partial charge on any atom is 0.314 e. The summed E-state index contributed by atoms with van der Waals surface area (Å²) in [6.07, 6.45) is 0.921. The largest absolute Gasteiger partial charge is 0.481 e. The first-order chi connectivity index (χ1) is 8.75. The van der Waals surface area contributed by atoms with Gasteiger partial charge in [0.15, 0.2) is 9.84 Å². The number of hydrogen-bond donors (Lipinski definition) is 2. The van der Waals surface area contributed by atoms with Gasteiger partial charge in [-0.25, -0.2) is 12.8 Å². The van der Waals surface area contributed by atoms with Crippen molar-refractivity contribution in [3.05, 3.63) is 35.6 Å². The molecule has 2 rings (SSSR count). The van der Waals surface area contributed by atoms with E-state index < -0.39 is 44.8 Å². The van der Waals surface area contributed by atoms with E-state index in [9.17, 15) is 27.8 Å². The number of carboxylic acids is 1. The summed E-state index contributed by atoms with van der Waals surface area (Å²) in [7, 11) is -3.67. The lowest BCUT2D eigenvalue weighted by atomic mass is 10.00. The normalized spacial score (nSPS) is 30.1. The molecular formula is C12H13FO5S. The van der Waals surface area contributed by atoms with Crippen LogP contribution in [0, 0.1) is 11.2 Å². The van der Waals surface area contributed by atoms with E-state index in [2.05, 4.69) is 0 Å². The van der Waals surface area contributed by atoms with E-state index in [4.69, 9.17) is 0 Å². The summed E-state index contributed by atoms with van der Waals surface area (Å²) >= 11 is 0. The molecule has 19 heavy (non-hydrogen) atoms. The van der Waals surface area contributed by atoms with E-state index in [0.29, 0.717) is 0 Å². The number of aliphatic hydroxyl groups excluding tert-OH is 1. The van der Waals surface area contributed by atoms with Crippen LogP contribution in [0.15, 0.2) is 24.3 Å². The van der Waals surface area contributed by atoms with Crippen LogP contribution in [0.25, 0.3) is 0 Å². The summed E-state index contributed by atoms with van der Waals surface area (Å²) in [4.78, 5) is 11.3. The third kappa shape index (κ3) is 2.02. The molecule has 1 aromatic rings. The lowest BCUT2D eigenvalue weighted by Gasteiger charge is -2.08. The highest BCUT2D eigenvalue weighted by Crippen LogP contribution is 2.62. The van der Waals surface area contributed by atoms with Crippen molar-refractivity contribution < 1.29 is 27.8 Å². The van der Waals surface area contributed by atoms with Crippen molar-refractivity contribution in [2.75, 3.05) is 12.9 Å². The molecule has 1 aromatic carbocycles. The van der Waals surface area contributed by atoms with Crippen molar-refractivity contribution in [3.63, 3.8) is 0 Å². The summed E-state index contributed by atoms with van der Waals surface area (Å²) in [6.45, 7) is -0.804. The average molecular weight is 288 g/mol. The average Bonchev–Trinajstić information content (AvgIpc) is 2.99. The number of carboxylic acid groups (broad SMARTS) is 1. The van der Waals surface area contributed by atoms with E-state index in [1.54, 1.807) is 0 Å². The maximum atomic E-state index is 13.2. The van der Waals surface area contributed by atoms with Gasteiger partial charge < -0.3 is 10.2 Å². The Bertz CT molecular complexity index is 627. The van der Waals surface area contributed by atoms with Crippen LogP contribution >= 0.6 is 0 Å². The number of aliphatic carboxylic acids is 1. The van der Waals surface area contributed by atoms with E-state index in [1.807, 2.05) is 0 Å². The van der Waals surface area contributed by atoms with Crippen LogP contribution in [-0.2, 0) is 14.6 Å². The fourth-order valence-corrected chi connectivity index (χ4v) is 4.62. The van der Waals surface area contributed by atoms with Gasteiger partial charge >= 0.3 is 5.97 Å². The zero-order chi connectivity index (χ0) is 14.4. The number of sulfone groups is 1. The number of aliphatic hydroxyl groups is 1. The number of halogens is 1. The van der Waals surface area contributed by atoms with Crippen LogP contribution < -0.4 is 0 Å². The van der Waals surface area contributed by atoms with Crippen molar-refractivity contribution in [1.82, 2.24) is 0 Å². The topological polar surface area (TPSA) is 91.7 Å². The lowest BCUT2D eigenvalue weighted by Crippen LogP contribution is -2.27. The fourth-order valence-electron chi connectivity index (χ4n) is 2.72. The molecule has 0 saturated heterocycles. The first-order valence-corrected chi connectivity index (χ1v) is 7.49. The second-order valence-corrected chi connectivity index (χ2v) is 6.95. The molecule has 0 radical (unpaired) electrons.